The van der Waals surface area contributed by atoms with E-state index in [9.17, 15) is 22.7 Å². The second-order valence-electron chi connectivity index (χ2n) is 6.94. The Hall–Kier alpha value is -2.69. The van der Waals surface area contributed by atoms with Crippen LogP contribution in [0.5, 0.6) is 5.75 Å². The molecule has 11 heteroatoms. The Morgan fingerprint density at radius 2 is 1.86 bits per heavy atom. The molecule has 1 saturated heterocycles. The summed E-state index contributed by atoms with van der Waals surface area (Å²) in [4.78, 5) is 11.4. The van der Waals surface area contributed by atoms with E-state index in [1.54, 1.807) is 4.72 Å². The van der Waals surface area contributed by atoms with E-state index in [1.165, 1.54) is 10.9 Å². The number of hydrogen-bond donors (Lipinski definition) is 2. The molecule has 2 fully saturated rings. The van der Waals surface area contributed by atoms with Gasteiger partial charge in [-0.1, -0.05) is 19.3 Å². The van der Waals surface area contributed by atoms with E-state index in [2.05, 4.69) is 5.10 Å². The molecule has 1 aliphatic heterocycles. The van der Waals surface area contributed by atoms with Crippen molar-refractivity contribution in [2.45, 2.75) is 38.1 Å². The summed E-state index contributed by atoms with van der Waals surface area (Å²) in [5.41, 5.74) is -1.09. The highest BCUT2D eigenvalue weighted by Gasteiger charge is 2.38. The molecule has 2 aromatic rings. The van der Waals surface area contributed by atoms with Crippen molar-refractivity contribution in [2.24, 2.45) is 0 Å². The number of anilines is 1. The maximum atomic E-state index is 15.2. The number of benzene rings is 1. The first-order chi connectivity index (χ1) is 13.3. The zero-order chi connectivity index (χ0) is 20.1. The summed E-state index contributed by atoms with van der Waals surface area (Å²) in [6, 6.07) is 2.23. The van der Waals surface area contributed by atoms with E-state index in [4.69, 9.17) is 0 Å². The van der Waals surface area contributed by atoms with Crippen LogP contribution in [-0.2, 0) is 15.0 Å². The van der Waals surface area contributed by atoms with Gasteiger partial charge in [0.2, 0.25) is 5.95 Å². The van der Waals surface area contributed by atoms with Gasteiger partial charge in [-0.3, -0.25) is 9.48 Å². The van der Waals surface area contributed by atoms with Gasteiger partial charge in [-0.2, -0.15) is 12.8 Å². The van der Waals surface area contributed by atoms with Crippen LogP contribution in [0.15, 0.2) is 18.3 Å². The molecule has 0 spiro atoms. The fourth-order valence-electron chi connectivity index (χ4n) is 3.73. The van der Waals surface area contributed by atoms with Crippen LogP contribution in [0, 0.1) is 11.8 Å². The number of amides is 1. The van der Waals surface area contributed by atoms with Crippen LogP contribution in [0.25, 0.3) is 11.1 Å². The van der Waals surface area contributed by atoms with E-state index in [0.29, 0.717) is 4.31 Å². The Balaban J connectivity index is 1.78. The summed E-state index contributed by atoms with van der Waals surface area (Å²) in [5, 5.41) is 13.9. The maximum Gasteiger partial charge on any atom is 0.326 e. The first-order valence-corrected chi connectivity index (χ1v) is 10.3. The minimum absolute atomic E-state index is 0.0254. The van der Waals surface area contributed by atoms with Gasteiger partial charge in [-0.05, 0) is 25.0 Å². The largest absolute Gasteiger partial charge is 0.506 e. The third-order valence-corrected chi connectivity index (χ3v) is 6.47. The SMILES string of the molecule is O=C1CN(c2c(O)ccc(-c3cn(C4CCCCC4)nc3F)c2F)S(=O)(=O)N1. The average molecular weight is 412 g/mol. The summed E-state index contributed by atoms with van der Waals surface area (Å²) in [6.07, 6.45) is 6.22. The average Bonchev–Trinajstić information content (AvgIpc) is 3.15. The molecule has 2 heterocycles. The summed E-state index contributed by atoms with van der Waals surface area (Å²) in [6.45, 7) is -0.680. The number of nitrogens with zero attached hydrogens (tertiary/aromatic N) is 3. The van der Waals surface area contributed by atoms with Crippen molar-refractivity contribution in [1.29, 1.82) is 0 Å². The molecule has 8 nitrogen and oxygen atoms in total. The van der Waals surface area contributed by atoms with Gasteiger partial charge >= 0.3 is 10.2 Å². The van der Waals surface area contributed by atoms with E-state index < -0.39 is 45.9 Å². The first-order valence-electron chi connectivity index (χ1n) is 8.87. The zero-order valence-electron chi connectivity index (χ0n) is 14.7. The van der Waals surface area contributed by atoms with Gasteiger partial charge in [0.15, 0.2) is 5.82 Å². The van der Waals surface area contributed by atoms with Gasteiger partial charge in [0.25, 0.3) is 5.91 Å². The zero-order valence-corrected chi connectivity index (χ0v) is 15.5. The van der Waals surface area contributed by atoms with Gasteiger partial charge in [0.1, 0.15) is 18.0 Å². The smallest absolute Gasteiger partial charge is 0.326 e. The number of rotatable bonds is 3. The molecule has 1 aromatic carbocycles. The molecule has 2 aliphatic rings. The Labute approximate surface area is 159 Å². The van der Waals surface area contributed by atoms with Crippen LogP contribution in [0.2, 0.25) is 0 Å². The first kappa shape index (κ1) is 18.7. The van der Waals surface area contributed by atoms with Crippen molar-refractivity contribution >= 4 is 21.8 Å². The predicted octanol–water partition coefficient (Wildman–Crippen LogP) is 2.22. The summed E-state index contributed by atoms with van der Waals surface area (Å²) < 4.78 is 57.3. The Kier molecular flexibility index (Phi) is 4.48. The fourth-order valence-corrected chi connectivity index (χ4v) is 4.89. The second kappa shape index (κ2) is 6.73. The van der Waals surface area contributed by atoms with Crippen molar-refractivity contribution in [3.63, 3.8) is 0 Å². The maximum absolute atomic E-state index is 15.2. The topological polar surface area (TPSA) is 105 Å². The fraction of sp³-hybridized carbons (Fsp3) is 0.412. The lowest BCUT2D eigenvalue weighted by atomic mass is 9.96. The van der Waals surface area contributed by atoms with Crippen LogP contribution >= 0.6 is 0 Å². The van der Waals surface area contributed by atoms with Crippen LogP contribution in [0.4, 0.5) is 14.5 Å². The number of phenols is 1. The molecule has 150 valence electrons. The molecule has 0 radical (unpaired) electrons. The Morgan fingerprint density at radius 3 is 2.50 bits per heavy atom. The molecule has 1 aliphatic carbocycles. The Morgan fingerprint density at radius 1 is 1.14 bits per heavy atom. The normalized spacial score (nSPS) is 19.8. The monoisotopic (exact) mass is 412 g/mol. The van der Waals surface area contributed by atoms with Crippen molar-refractivity contribution < 1.29 is 27.1 Å². The molecular formula is C17H18F2N4O4S. The van der Waals surface area contributed by atoms with Gasteiger partial charge in [0, 0.05) is 11.8 Å². The van der Waals surface area contributed by atoms with Crippen molar-refractivity contribution in [2.75, 3.05) is 10.8 Å². The summed E-state index contributed by atoms with van der Waals surface area (Å²) in [5.74, 6) is -3.58. The van der Waals surface area contributed by atoms with E-state index in [1.807, 2.05) is 0 Å². The minimum Gasteiger partial charge on any atom is -0.506 e. The van der Waals surface area contributed by atoms with E-state index in [0.717, 1.165) is 44.2 Å². The molecule has 0 bridgehead atoms. The lowest BCUT2D eigenvalue weighted by Crippen LogP contribution is -2.30. The molecular weight excluding hydrogens is 394 g/mol. The van der Waals surface area contributed by atoms with Crippen molar-refractivity contribution in [3.05, 3.63) is 30.1 Å². The van der Waals surface area contributed by atoms with Crippen LogP contribution in [0.1, 0.15) is 38.1 Å². The predicted molar refractivity (Wildman–Crippen MR) is 95.8 cm³/mol. The van der Waals surface area contributed by atoms with Crippen LogP contribution in [-0.4, -0.2) is 35.8 Å². The number of carbonyl (C=O) groups is 1. The molecule has 4 rings (SSSR count). The van der Waals surface area contributed by atoms with Gasteiger partial charge in [-0.25, -0.2) is 13.4 Å². The number of phenolic OH excluding ortho intramolecular Hbond substituents is 1. The van der Waals surface area contributed by atoms with Gasteiger partial charge in [0.05, 0.1) is 11.6 Å². The number of aromatic nitrogens is 2. The van der Waals surface area contributed by atoms with E-state index >= 15 is 4.39 Å². The molecule has 1 amide bonds. The number of carbonyl (C=O) groups excluding carboxylic acids is 1. The van der Waals surface area contributed by atoms with Crippen LogP contribution in [0.3, 0.4) is 0 Å². The standard InChI is InChI=1S/C17H18F2N4O4S/c18-15-11(12-8-22(20-17(12)19)10-4-2-1-3-5-10)6-7-13(24)16(15)23-9-14(25)21-28(23,26)27/h6-8,10,24H,1-5,9H2,(H,21,25). The molecule has 28 heavy (non-hydrogen) atoms. The molecule has 0 atom stereocenters. The highest BCUT2D eigenvalue weighted by Crippen LogP contribution is 2.40. The lowest BCUT2D eigenvalue weighted by molar-refractivity contribution is -0.117. The molecule has 1 aromatic heterocycles. The van der Waals surface area contributed by atoms with Gasteiger partial charge < -0.3 is 5.11 Å². The minimum atomic E-state index is -4.34. The number of hydrogen-bond acceptors (Lipinski definition) is 5. The molecule has 1 saturated carbocycles. The number of halogens is 2. The van der Waals surface area contributed by atoms with E-state index in [-0.39, 0.29) is 17.2 Å². The summed E-state index contributed by atoms with van der Waals surface area (Å²) >= 11 is 0. The third kappa shape index (κ3) is 3.09. The second-order valence-corrected chi connectivity index (χ2v) is 8.53. The number of nitrogens with one attached hydrogen (secondary N) is 1. The summed E-state index contributed by atoms with van der Waals surface area (Å²) in [7, 11) is -4.34. The molecule has 0 unspecified atom stereocenters. The third-order valence-electron chi connectivity index (χ3n) is 5.09. The van der Waals surface area contributed by atoms with Gasteiger partial charge in [-0.15, -0.1) is 5.10 Å². The quantitative estimate of drug-likeness (QED) is 0.804. The van der Waals surface area contributed by atoms with Crippen molar-refractivity contribution in [3.8, 4) is 16.9 Å². The van der Waals surface area contributed by atoms with Crippen molar-refractivity contribution in [1.82, 2.24) is 14.5 Å². The highest BCUT2D eigenvalue weighted by atomic mass is 32.2. The van der Waals surface area contributed by atoms with Crippen LogP contribution < -0.4 is 9.03 Å². The lowest BCUT2D eigenvalue weighted by Gasteiger charge is -2.21. The molecule has 2 N–H and O–H groups in total. The number of aromatic hydroxyl groups is 1. The Bertz CT molecular complexity index is 1050. The highest BCUT2D eigenvalue weighted by molar-refractivity contribution is 7.92.